The molecule has 0 aliphatic rings. The molecule has 0 bridgehead atoms. The van der Waals surface area contributed by atoms with Gasteiger partial charge < -0.3 is 4.57 Å². The molecule has 0 unspecified atom stereocenters. The van der Waals surface area contributed by atoms with Gasteiger partial charge in [-0.15, -0.1) is 0 Å². The number of hydrogen-bond acceptors (Lipinski definition) is 1. The minimum Gasteiger partial charge on any atom is -0.309 e. The van der Waals surface area contributed by atoms with E-state index in [1.54, 1.807) is 0 Å². The smallest absolute Gasteiger partial charge is 0.0715 e. The van der Waals surface area contributed by atoms with Crippen molar-refractivity contribution in [2.45, 2.75) is 0 Å². The zero-order valence-electron chi connectivity index (χ0n) is 31.2. The third-order valence-corrected chi connectivity index (χ3v) is 11.4. The standard InChI is InChI=1S/C55H36N2/c1-3-11-37(12-4-1)44-17-7-19-46(33-44)48-35-50(56-51(36-48)47-20-8-18-45(34-47)38-13-5-2-6-14-38)41-25-23-39(24-26-41)40-29-31-49(32-30-40)57-52-21-9-15-42-27-28-43-16-10-22-53(57)55(43)54(42)52/h1-36H. The van der Waals surface area contributed by atoms with Crippen molar-refractivity contribution in [1.29, 1.82) is 0 Å². The summed E-state index contributed by atoms with van der Waals surface area (Å²) >= 11 is 0. The fraction of sp³-hybridized carbons (Fsp3) is 0. The van der Waals surface area contributed by atoms with E-state index in [9.17, 15) is 0 Å². The summed E-state index contributed by atoms with van der Waals surface area (Å²) in [5, 5.41) is 5.22. The fourth-order valence-electron chi connectivity index (χ4n) is 8.52. The third kappa shape index (κ3) is 5.87. The van der Waals surface area contributed by atoms with E-state index in [0.29, 0.717) is 0 Å². The predicted octanol–water partition coefficient (Wildman–Crippen LogP) is 14.8. The van der Waals surface area contributed by atoms with Gasteiger partial charge in [0.25, 0.3) is 0 Å². The Balaban J connectivity index is 0.967. The van der Waals surface area contributed by atoms with Gasteiger partial charge in [-0.25, -0.2) is 4.98 Å². The quantitative estimate of drug-likeness (QED) is 0.150. The van der Waals surface area contributed by atoms with E-state index in [1.807, 2.05) is 0 Å². The Morgan fingerprint density at radius 2 is 0.667 bits per heavy atom. The highest BCUT2D eigenvalue weighted by Gasteiger charge is 2.17. The van der Waals surface area contributed by atoms with Gasteiger partial charge >= 0.3 is 0 Å². The average molecular weight is 725 g/mol. The van der Waals surface area contributed by atoms with E-state index in [0.717, 1.165) is 39.3 Å². The van der Waals surface area contributed by atoms with E-state index < -0.39 is 0 Å². The summed E-state index contributed by atoms with van der Waals surface area (Å²) in [5.74, 6) is 0. The zero-order valence-corrected chi connectivity index (χ0v) is 31.2. The minimum absolute atomic E-state index is 0.941. The Labute approximate surface area is 331 Å². The summed E-state index contributed by atoms with van der Waals surface area (Å²) in [6, 6.07) is 78.6. The molecule has 0 spiro atoms. The van der Waals surface area contributed by atoms with Crippen LogP contribution in [-0.2, 0) is 0 Å². The van der Waals surface area contributed by atoms with Crippen LogP contribution in [0.5, 0.6) is 0 Å². The minimum atomic E-state index is 0.941. The molecule has 11 rings (SSSR count). The monoisotopic (exact) mass is 724 g/mol. The van der Waals surface area contributed by atoms with Gasteiger partial charge in [-0.3, -0.25) is 0 Å². The summed E-state index contributed by atoms with van der Waals surface area (Å²) in [6.45, 7) is 0. The first kappa shape index (κ1) is 32.8. The van der Waals surface area contributed by atoms with E-state index in [-0.39, 0.29) is 0 Å². The second-order valence-electron chi connectivity index (χ2n) is 14.8. The highest BCUT2D eigenvalue weighted by molar-refractivity contribution is 6.24. The van der Waals surface area contributed by atoms with Crippen molar-refractivity contribution in [1.82, 2.24) is 9.55 Å². The van der Waals surface area contributed by atoms with Crippen molar-refractivity contribution in [2.24, 2.45) is 0 Å². The molecule has 2 heteroatoms. The second kappa shape index (κ2) is 13.6. The van der Waals surface area contributed by atoms with Crippen LogP contribution in [-0.4, -0.2) is 9.55 Å². The fourth-order valence-corrected chi connectivity index (χ4v) is 8.52. The molecule has 0 aliphatic heterocycles. The van der Waals surface area contributed by atoms with Crippen LogP contribution in [0.1, 0.15) is 0 Å². The molecule has 0 fully saturated rings. The number of rotatable bonds is 7. The molecule has 0 saturated heterocycles. The van der Waals surface area contributed by atoms with E-state index in [4.69, 9.17) is 4.98 Å². The summed E-state index contributed by atoms with van der Waals surface area (Å²) in [5.41, 5.74) is 17.1. The molecule has 0 amide bonds. The van der Waals surface area contributed by atoms with E-state index in [2.05, 4.69) is 223 Å². The van der Waals surface area contributed by atoms with Gasteiger partial charge in [-0.05, 0) is 104 Å². The lowest BCUT2D eigenvalue weighted by molar-refractivity contribution is 1.18. The highest BCUT2D eigenvalue weighted by Crippen LogP contribution is 2.39. The normalized spacial score (nSPS) is 11.5. The Morgan fingerprint density at radius 1 is 0.263 bits per heavy atom. The van der Waals surface area contributed by atoms with Crippen LogP contribution in [0.4, 0.5) is 0 Å². The topological polar surface area (TPSA) is 17.8 Å². The maximum absolute atomic E-state index is 5.32. The number of hydrogen-bond donors (Lipinski definition) is 0. The average Bonchev–Trinajstić information content (AvgIpc) is 3.65. The lowest BCUT2D eigenvalue weighted by Crippen LogP contribution is -1.94. The molecule has 0 N–H and O–H groups in total. The van der Waals surface area contributed by atoms with Gasteiger partial charge in [0.2, 0.25) is 0 Å². The summed E-state index contributed by atoms with van der Waals surface area (Å²) < 4.78 is 2.40. The summed E-state index contributed by atoms with van der Waals surface area (Å²) in [6.07, 6.45) is 0. The summed E-state index contributed by atoms with van der Waals surface area (Å²) in [7, 11) is 0. The molecule has 0 aliphatic carbocycles. The van der Waals surface area contributed by atoms with Crippen LogP contribution in [0.25, 0.3) is 105 Å². The predicted molar refractivity (Wildman–Crippen MR) is 240 cm³/mol. The van der Waals surface area contributed by atoms with Gasteiger partial charge in [0.05, 0.1) is 22.4 Å². The molecular weight excluding hydrogens is 689 g/mol. The van der Waals surface area contributed by atoms with Crippen molar-refractivity contribution in [3.8, 4) is 72.7 Å². The van der Waals surface area contributed by atoms with E-state index >= 15 is 0 Å². The van der Waals surface area contributed by atoms with Gasteiger partial charge in [-0.1, -0.05) is 170 Å². The number of aromatic nitrogens is 2. The molecule has 2 nitrogen and oxygen atoms in total. The van der Waals surface area contributed by atoms with Gasteiger partial charge in [0, 0.05) is 27.6 Å². The van der Waals surface area contributed by atoms with Crippen LogP contribution in [0.3, 0.4) is 0 Å². The van der Waals surface area contributed by atoms with Gasteiger partial charge in [-0.2, -0.15) is 0 Å². The molecule has 9 aromatic carbocycles. The third-order valence-electron chi connectivity index (χ3n) is 11.4. The van der Waals surface area contributed by atoms with Gasteiger partial charge in [0.1, 0.15) is 0 Å². The molecule has 11 aromatic rings. The first-order valence-corrected chi connectivity index (χ1v) is 19.5. The first-order valence-electron chi connectivity index (χ1n) is 19.5. The van der Waals surface area contributed by atoms with Crippen LogP contribution < -0.4 is 0 Å². The van der Waals surface area contributed by atoms with Crippen molar-refractivity contribution >= 4 is 32.6 Å². The Kier molecular flexibility index (Phi) is 7.86. The highest BCUT2D eigenvalue weighted by atomic mass is 15.0. The van der Waals surface area contributed by atoms with Crippen molar-refractivity contribution in [3.05, 3.63) is 218 Å². The largest absolute Gasteiger partial charge is 0.309 e. The maximum Gasteiger partial charge on any atom is 0.0715 e. The molecule has 0 radical (unpaired) electrons. The van der Waals surface area contributed by atoms with E-state index in [1.165, 1.54) is 66.0 Å². The van der Waals surface area contributed by atoms with Crippen LogP contribution in [0.2, 0.25) is 0 Å². The number of nitrogens with zero attached hydrogens (tertiary/aromatic N) is 2. The zero-order chi connectivity index (χ0) is 37.7. The van der Waals surface area contributed by atoms with Crippen molar-refractivity contribution < 1.29 is 0 Å². The lowest BCUT2D eigenvalue weighted by Gasteiger charge is -2.13. The van der Waals surface area contributed by atoms with Crippen LogP contribution in [0, 0.1) is 0 Å². The lowest BCUT2D eigenvalue weighted by atomic mass is 9.95. The summed E-state index contributed by atoms with van der Waals surface area (Å²) in [4.78, 5) is 5.32. The van der Waals surface area contributed by atoms with Crippen LogP contribution >= 0.6 is 0 Å². The SMILES string of the molecule is c1ccc(-c2cccc(-c3cc(-c4ccc(-c5ccc(-n6c7cccc8ccc9cccc6c9c87)cc5)cc4)nc(-c4cccc(-c5ccccc5)c4)c3)c2)cc1. The second-order valence-corrected chi connectivity index (χ2v) is 14.8. The molecular formula is C55H36N2. The van der Waals surface area contributed by atoms with Crippen LogP contribution in [0.15, 0.2) is 218 Å². The molecule has 57 heavy (non-hydrogen) atoms. The number of pyridine rings is 1. The Morgan fingerprint density at radius 3 is 1.23 bits per heavy atom. The Bertz CT molecular complexity index is 3030. The van der Waals surface area contributed by atoms with Crippen molar-refractivity contribution in [2.75, 3.05) is 0 Å². The molecule has 266 valence electrons. The molecule has 0 saturated carbocycles. The Hall–Kier alpha value is -7.55. The van der Waals surface area contributed by atoms with Crippen molar-refractivity contribution in [3.63, 3.8) is 0 Å². The first-order chi connectivity index (χ1) is 28.2. The maximum atomic E-state index is 5.32. The molecule has 2 heterocycles. The van der Waals surface area contributed by atoms with Gasteiger partial charge in [0.15, 0.2) is 0 Å². The molecule has 2 aromatic heterocycles. The molecule has 0 atom stereocenters. The number of benzene rings is 9.